The van der Waals surface area contributed by atoms with Crippen LogP contribution < -0.4 is 15.5 Å². The zero-order chi connectivity index (χ0) is 19.2. The van der Waals surface area contributed by atoms with Crippen LogP contribution in [0.3, 0.4) is 0 Å². The molecule has 1 heterocycles. The Bertz CT molecular complexity index is 807. The summed E-state index contributed by atoms with van der Waals surface area (Å²) in [6.07, 6.45) is 1.93. The first kappa shape index (κ1) is 19.4. The van der Waals surface area contributed by atoms with Crippen LogP contribution in [0.25, 0.3) is 0 Å². The summed E-state index contributed by atoms with van der Waals surface area (Å²) in [6.45, 7) is 3.53. The van der Waals surface area contributed by atoms with Crippen molar-refractivity contribution < 1.29 is 14.9 Å². The Labute approximate surface area is 164 Å². The summed E-state index contributed by atoms with van der Waals surface area (Å²) in [4.78, 5) is 25.7. The minimum Gasteiger partial charge on any atom is -0.340 e. The van der Waals surface area contributed by atoms with E-state index in [1.165, 1.54) is 0 Å². The number of halogens is 1. The van der Waals surface area contributed by atoms with E-state index in [2.05, 4.69) is 17.6 Å². The Balaban J connectivity index is 1.45. The molecule has 0 radical (unpaired) electrons. The lowest BCUT2D eigenvalue weighted by atomic mass is 10.1. The maximum atomic E-state index is 12.2. The molecule has 5 nitrogen and oxygen atoms in total. The van der Waals surface area contributed by atoms with Gasteiger partial charge in [-0.3, -0.25) is 9.59 Å². The summed E-state index contributed by atoms with van der Waals surface area (Å²) >= 11 is 6.21. The van der Waals surface area contributed by atoms with Crippen molar-refractivity contribution in [3.05, 3.63) is 59.1 Å². The van der Waals surface area contributed by atoms with E-state index < -0.39 is 0 Å². The van der Waals surface area contributed by atoms with E-state index in [0.717, 1.165) is 34.9 Å². The standard InChI is InChI=1S/C21H24ClN3O2/c1-15(18-5-2-3-6-19(18)22)23-13-12-20(26)24-16-8-10-17(11-9-16)25-14-4-7-21(25)27/h2-3,5-6,8-11,15,23H,4,7,12-14H2,1H3,(H,24,26)/p+1/t15-/m1/s1. The molecule has 1 saturated heterocycles. The highest BCUT2D eigenvalue weighted by Gasteiger charge is 2.21. The Morgan fingerprint density at radius 2 is 1.96 bits per heavy atom. The lowest BCUT2D eigenvalue weighted by Gasteiger charge is -2.16. The fraction of sp³-hybridized carbons (Fsp3) is 0.333. The molecule has 0 saturated carbocycles. The number of carbonyl (C=O) groups excluding carboxylic acids is 2. The Morgan fingerprint density at radius 3 is 2.63 bits per heavy atom. The van der Waals surface area contributed by atoms with Crippen LogP contribution in [0.2, 0.25) is 5.02 Å². The average molecular weight is 387 g/mol. The van der Waals surface area contributed by atoms with Crippen molar-refractivity contribution in [2.75, 3.05) is 23.3 Å². The van der Waals surface area contributed by atoms with E-state index in [9.17, 15) is 9.59 Å². The number of nitrogens with two attached hydrogens (primary N) is 1. The highest BCUT2D eigenvalue weighted by atomic mass is 35.5. The number of hydrogen-bond donors (Lipinski definition) is 2. The molecule has 1 fully saturated rings. The van der Waals surface area contributed by atoms with E-state index in [0.29, 0.717) is 19.4 Å². The van der Waals surface area contributed by atoms with Gasteiger partial charge >= 0.3 is 0 Å². The van der Waals surface area contributed by atoms with Crippen molar-refractivity contribution in [1.82, 2.24) is 0 Å². The van der Waals surface area contributed by atoms with Crippen molar-refractivity contribution in [2.24, 2.45) is 0 Å². The summed E-state index contributed by atoms with van der Waals surface area (Å²) < 4.78 is 0. The lowest BCUT2D eigenvalue weighted by molar-refractivity contribution is -0.691. The number of rotatable bonds is 7. The number of nitrogens with one attached hydrogen (secondary N) is 1. The van der Waals surface area contributed by atoms with E-state index in [-0.39, 0.29) is 17.9 Å². The second kappa shape index (κ2) is 9.02. The molecule has 0 spiro atoms. The minimum atomic E-state index is -0.0254. The molecule has 142 valence electrons. The fourth-order valence-electron chi connectivity index (χ4n) is 3.31. The van der Waals surface area contributed by atoms with Gasteiger partial charge < -0.3 is 15.5 Å². The number of hydrogen-bond acceptors (Lipinski definition) is 2. The van der Waals surface area contributed by atoms with Crippen LogP contribution in [0.5, 0.6) is 0 Å². The van der Waals surface area contributed by atoms with Crippen LogP contribution in [-0.4, -0.2) is 24.9 Å². The van der Waals surface area contributed by atoms with Crippen LogP contribution >= 0.6 is 11.6 Å². The summed E-state index contributed by atoms with van der Waals surface area (Å²) in [7, 11) is 0. The first-order valence-electron chi connectivity index (χ1n) is 9.32. The van der Waals surface area contributed by atoms with Gasteiger partial charge in [0.2, 0.25) is 11.8 Å². The van der Waals surface area contributed by atoms with Crippen molar-refractivity contribution in [2.45, 2.75) is 32.2 Å². The number of nitrogens with zero attached hydrogens (tertiary/aromatic N) is 1. The van der Waals surface area contributed by atoms with Gasteiger partial charge in [0.25, 0.3) is 0 Å². The number of amides is 2. The molecule has 2 aromatic rings. The summed E-state index contributed by atoms with van der Waals surface area (Å²) in [5, 5.41) is 5.77. The van der Waals surface area contributed by atoms with Crippen molar-refractivity contribution in [3.63, 3.8) is 0 Å². The maximum absolute atomic E-state index is 12.2. The first-order chi connectivity index (χ1) is 13.0. The van der Waals surface area contributed by atoms with Gasteiger partial charge in [-0.1, -0.05) is 29.8 Å². The molecule has 0 bridgehead atoms. The van der Waals surface area contributed by atoms with Crippen molar-refractivity contribution in [1.29, 1.82) is 0 Å². The molecule has 6 heteroatoms. The van der Waals surface area contributed by atoms with Crippen LogP contribution in [0.15, 0.2) is 48.5 Å². The van der Waals surface area contributed by atoms with Gasteiger partial charge in [0, 0.05) is 34.9 Å². The summed E-state index contributed by atoms with van der Waals surface area (Å²) in [5.74, 6) is 0.137. The molecule has 2 amide bonds. The third kappa shape index (κ3) is 5.08. The van der Waals surface area contributed by atoms with E-state index in [1.54, 1.807) is 4.90 Å². The fourth-order valence-corrected chi connectivity index (χ4v) is 3.61. The molecule has 2 aromatic carbocycles. The molecule has 1 aliphatic heterocycles. The summed E-state index contributed by atoms with van der Waals surface area (Å²) in [6, 6.07) is 15.4. The zero-order valence-electron chi connectivity index (χ0n) is 15.5. The third-order valence-corrected chi connectivity index (χ3v) is 5.17. The Morgan fingerprint density at radius 1 is 1.22 bits per heavy atom. The minimum absolute atomic E-state index is 0.0254. The Hall–Kier alpha value is -2.37. The van der Waals surface area contributed by atoms with Gasteiger partial charge in [-0.2, -0.15) is 0 Å². The molecule has 0 aromatic heterocycles. The van der Waals surface area contributed by atoms with E-state index in [1.807, 2.05) is 48.5 Å². The second-order valence-electron chi connectivity index (χ2n) is 6.83. The SMILES string of the molecule is C[C@@H]([NH2+]CCC(=O)Nc1ccc(N2CCCC2=O)cc1)c1ccccc1Cl. The molecular formula is C21H25ClN3O2+. The topological polar surface area (TPSA) is 66.0 Å². The number of benzene rings is 2. The highest BCUT2D eigenvalue weighted by Crippen LogP contribution is 2.23. The molecule has 1 aliphatic rings. The molecule has 3 N–H and O–H groups in total. The Kier molecular flexibility index (Phi) is 6.48. The molecule has 3 rings (SSSR count). The smallest absolute Gasteiger partial charge is 0.230 e. The average Bonchev–Trinajstić information content (AvgIpc) is 3.08. The van der Waals surface area contributed by atoms with Crippen LogP contribution in [-0.2, 0) is 9.59 Å². The zero-order valence-corrected chi connectivity index (χ0v) is 16.2. The monoisotopic (exact) mass is 386 g/mol. The molecular weight excluding hydrogens is 362 g/mol. The molecule has 0 unspecified atom stereocenters. The maximum Gasteiger partial charge on any atom is 0.230 e. The third-order valence-electron chi connectivity index (χ3n) is 4.82. The van der Waals surface area contributed by atoms with E-state index in [4.69, 9.17) is 11.6 Å². The summed E-state index contributed by atoms with van der Waals surface area (Å²) in [5.41, 5.74) is 2.71. The second-order valence-corrected chi connectivity index (χ2v) is 7.24. The predicted molar refractivity (Wildman–Crippen MR) is 108 cm³/mol. The van der Waals surface area contributed by atoms with Crippen molar-refractivity contribution >= 4 is 34.8 Å². The predicted octanol–water partition coefficient (Wildman–Crippen LogP) is 3.12. The van der Waals surface area contributed by atoms with Gasteiger partial charge in [-0.15, -0.1) is 0 Å². The van der Waals surface area contributed by atoms with E-state index >= 15 is 0 Å². The number of carbonyl (C=O) groups is 2. The lowest BCUT2D eigenvalue weighted by Crippen LogP contribution is -2.85. The van der Waals surface area contributed by atoms with Gasteiger partial charge in [0.05, 0.1) is 13.0 Å². The number of anilines is 2. The quantitative estimate of drug-likeness (QED) is 0.767. The molecule has 1 atom stereocenters. The van der Waals surface area contributed by atoms with Crippen molar-refractivity contribution in [3.8, 4) is 0 Å². The van der Waals surface area contributed by atoms with Gasteiger partial charge in [-0.05, 0) is 43.7 Å². The molecule has 0 aliphatic carbocycles. The molecule has 27 heavy (non-hydrogen) atoms. The van der Waals surface area contributed by atoms with Crippen LogP contribution in [0.4, 0.5) is 11.4 Å². The first-order valence-corrected chi connectivity index (χ1v) is 9.70. The normalized spacial score (nSPS) is 15.0. The van der Waals surface area contributed by atoms with Gasteiger partial charge in [0.1, 0.15) is 6.04 Å². The highest BCUT2D eigenvalue weighted by molar-refractivity contribution is 6.31. The van der Waals surface area contributed by atoms with Crippen LogP contribution in [0, 0.1) is 0 Å². The largest absolute Gasteiger partial charge is 0.340 e. The van der Waals surface area contributed by atoms with Gasteiger partial charge in [0.15, 0.2) is 0 Å². The van der Waals surface area contributed by atoms with Crippen LogP contribution in [0.1, 0.15) is 37.8 Å². The van der Waals surface area contributed by atoms with Gasteiger partial charge in [-0.25, -0.2) is 0 Å². The number of quaternary nitrogens is 1.